The molecule has 1 aromatic heterocycles. The number of thiophene rings is 1. The molecule has 0 aliphatic carbocycles. The number of anilines is 1. The number of carbonyl (C=O) groups is 1. The van der Waals surface area contributed by atoms with E-state index in [9.17, 15) is 4.79 Å². The molecule has 104 valence electrons. The van der Waals surface area contributed by atoms with E-state index in [4.69, 9.17) is 22.7 Å². The van der Waals surface area contributed by atoms with E-state index in [2.05, 4.69) is 5.43 Å². The molecule has 0 unspecified atom stereocenters. The molecule has 0 aliphatic heterocycles. The molecule has 0 atom stereocenters. The number of carbonyl (C=O) groups excluding carboxylic acids is 1. The number of thiocarbonyl (C=S) groups is 1. The minimum Gasteiger partial charge on any atom is -0.497 e. The summed E-state index contributed by atoms with van der Waals surface area (Å²) in [6.45, 7) is 0. The van der Waals surface area contributed by atoms with E-state index < -0.39 is 0 Å². The molecule has 2 rings (SSSR count). The summed E-state index contributed by atoms with van der Waals surface area (Å²) < 4.78 is 5.08. The maximum Gasteiger partial charge on any atom is 0.280 e. The largest absolute Gasteiger partial charge is 0.497 e. The van der Waals surface area contributed by atoms with Crippen LogP contribution < -0.4 is 20.9 Å². The summed E-state index contributed by atoms with van der Waals surface area (Å²) in [5.74, 6) is 0.449. The van der Waals surface area contributed by atoms with Gasteiger partial charge in [0.05, 0.1) is 17.7 Å². The lowest BCUT2D eigenvalue weighted by atomic mass is 10.3. The molecule has 0 fully saturated rings. The number of nitrogens with zero attached hydrogens (tertiary/aromatic N) is 1. The molecule has 2 aromatic rings. The molecule has 1 heterocycles. The van der Waals surface area contributed by atoms with Gasteiger partial charge in [0.15, 0.2) is 5.11 Å². The Hall–Kier alpha value is -2.12. The fourth-order valence-electron chi connectivity index (χ4n) is 1.54. The maximum absolute atomic E-state index is 12.0. The van der Waals surface area contributed by atoms with Crippen molar-refractivity contribution in [1.29, 1.82) is 0 Å². The molecule has 0 spiro atoms. The number of rotatable bonds is 3. The molecule has 0 saturated carbocycles. The van der Waals surface area contributed by atoms with Crippen molar-refractivity contribution in [3.05, 3.63) is 46.7 Å². The predicted octanol–water partition coefficient (Wildman–Crippen LogP) is 2.15. The molecule has 0 bridgehead atoms. The molecule has 3 N–H and O–H groups in total. The van der Waals surface area contributed by atoms with E-state index in [1.54, 1.807) is 43.5 Å². The van der Waals surface area contributed by atoms with Gasteiger partial charge in [0.1, 0.15) is 5.75 Å². The van der Waals surface area contributed by atoms with Crippen LogP contribution in [0.4, 0.5) is 5.69 Å². The van der Waals surface area contributed by atoms with Crippen LogP contribution in [0.25, 0.3) is 0 Å². The number of ether oxygens (including phenoxy) is 1. The monoisotopic (exact) mass is 307 g/mol. The highest BCUT2D eigenvalue weighted by atomic mass is 32.1. The summed E-state index contributed by atoms with van der Waals surface area (Å²) in [4.78, 5) is 12.6. The van der Waals surface area contributed by atoms with Gasteiger partial charge in [0.2, 0.25) is 0 Å². The van der Waals surface area contributed by atoms with Gasteiger partial charge in [0.25, 0.3) is 5.91 Å². The molecular weight excluding hydrogens is 294 g/mol. The van der Waals surface area contributed by atoms with Gasteiger partial charge in [-0.1, -0.05) is 6.07 Å². The summed E-state index contributed by atoms with van der Waals surface area (Å²) in [7, 11) is 1.58. The third-order valence-corrected chi connectivity index (χ3v) is 3.56. The van der Waals surface area contributed by atoms with Gasteiger partial charge in [0, 0.05) is 0 Å². The quantitative estimate of drug-likeness (QED) is 0.672. The second-order valence-corrected chi connectivity index (χ2v) is 5.16. The first kappa shape index (κ1) is 14.3. The molecule has 1 amide bonds. The zero-order valence-corrected chi connectivity index (χ0v) is 12.3. The molecule has 20 heavy (non-hydrogen) atoms. The molecule has 5 nitrogen and oxygen atoms in total. The lowest BCUT2D eigenvalue weighted by molar-refractivity contribution is 0.0959. The van der Waals surface area contributed by atoms with Crippen molar-refractivity contribution in [3.63, 3.8) is 0 Å². The van der Waals surface area contributed by atoms with Gasteiger partial charge in [-0.25, -0.2) is 5.01 Å². The Bertz CT molecular complexity index is 597. The Morgan fingerprint density at radius 3 is 2.55 bits per heavy atom. The number of hydrogen-bond donors (Lipinski definition) is 2. The zero-order valence-electron chi connectivity index (χ0n) is 10.7. The highest BCUT2D eigenvalue weighted by Gasteiger charge is 2.15. The highest BCUT2D eigenvalue weighted by molar-refractivity contribution is 7.80. The van der Waals surface area contributed by atoms with Gasteiger partial charge >= 0.3 is 0 Å². The average Bonchev–Trinajstić information content (AvgIpc) is 2.98. The van der Waals surface area contributed by atoms with E-state index in [-0.39, 0.29) is 11.0 Å². The smallest absolute Gasteiger partial charge is 0.280 e. The standard InChI is InChI=1S/C13H13N3O2S2/c1-18-10-6-4-9(5-7-10)16(13(14)19)15-12(17)11-3-2-8-20-11/h2-8H,1H3,(H2,14,19)(H,15,17). The minimum atomic E-state index is -0.261. The normalized spacial score (nSPS) is 9.85. The third kappa shape index (κ3) is 3.25. The summed E-state index contributed by atoms with van der Waals surface area (Å²) >= 11 is 6.31. The van der Waals surface area contributed by atoms with E-state index >= 15 is 0 Å². The number of methoxy groups -OCH3 is 1. The number of nitrogens with two attached hydrogens (primary N) is 1. The SMILES string of the molecule is COc1ccc(N(NC(=O)c2cccs2)C(N)=S)cc1. The molecule has 1 aromatic carbocycles. The van der Waals surface area contributed by atoms with Gasteiger partial charge in [-0.2, -0.15) is 0 Å². The van der Waals surface area contributed by atoms with Crippen molar-refractivity contribution < 1.29 is 9.53 Å². The number of hydrazine groups is 1. The van der Waals surface area contributed by atoms with E-state index in [0.29, 0.717) is 16.3 Å². The number of nitrogens with one attached hydrogen (secondary N) is 1. The van der Waals surface area contributed by atoms with Crippen LogP contribution in [0.5, 0.6) is 5.75 Å². The number of amides is 1. The molecule has 0 aliphatic rings. The van der Waals surface area contributed by atoms with Gasteiger partial charge in [-0.15, -0.1) is 11.3 Å². The summed E-state index contributed by atoms with van der Waals surface area (Å²) in [5.41, 5.74) is 8.98. The summed E-state index contributed by atoms with van der Waals surface area (Å²) in [6, 6.07) is 10.6. The van der Waals surface area contributed by atoms with E-state index in [1.165, 1.54) is 16.3 Å². The van der Waals surface area contributed by atoms with Crippen LogP contribution >= 0.6 is 23.6 Å². The topological polar surface area (TPSA) is 67.6 Å². The van der Waals surface area contributed by atoms with Crippen LogP contribution in [0.3, 0.4) is 0 Å². The zero-order chi connectivity index (χ0) is 14.5. The van der Waals surface area contributed by atoms with Crippen LogP contribution in [0.15, 0.2) is 41.8 Å². The Morgan fingerprint density at radius 2 is 2.05 bits per heavy atom. The number of hydrogen-bond acceptors (Lipinski definition) is 4. The van der Waals surface area contributed by atoms with E-state index in [0.717, 1.165) is 0 Å². The van der Waals surface area contributed by atoms with Crippen LogP contribution in [0.1, 0.15) is 9.67 Å². The second-order valence-electron chi connectivity index (χ2n) is 3.79. The average molecular weight is 307 g/mol. The molecular formula is C13H13N3O2S2. The van der Waals surface area contributed by atoms with Crippen molar-refractivity contribution in [2.75, 3.05) is 12.1 Å². The van der Waals surface area contributed by atoms with Crippen LogP contribution in [0.2, 0.25) is 0 Å². The Balaban J connectivity index is 2.18. The van der Waals surface area contributed by atoms with Gasteiger partial charge in [-0.05, 0) is 47.9 Å². The predicted molar refractivity (Wildman–Crippen MR) is 84.0 cm³/mol. The maximum atomic E-state index is 12.0. The summed E-state index contributed by atoms with van der Waals surface area (Å²) in [5, 5.41) is 3.24. The third-order valence-electron chi connectivity index (χ3n) is 2.51. The first-order chi connectivity index (χ1) is 9.61. The Morgan fingerprint density at radius 1 is 1.35 bits per heavy atom. The first-order valence-corrected chi connectivity index (χ1v) is 6.98. The van der Waals surface area contributed by atoms with Crippen LogP contribution in [0, 0.1) is 0 Å². The van der Waals surface area contributed by atoms with Gasteiger partial charge < -0.3 is 10.5 Å². The fraction of sp³-hybridized carbons (Fsp3) is 0.0769. The fourth-order valence-corrected chi connectivity index (χ4v) is 2.31. The van der Waals surface area contributed by atoms with E-state index in [1.807, 2.05) is 5.38 Å². The summed E-state index contributed by atoms with van der Waals surface area (Å²) in [6.07, 6.45) is 0. The lowest BCUT2D eigenvalue weighted by Gasteiger charge is -2.23. The highest BCUT2D eigenvalue weighted by Crippen LogP contribution is 2.18. The van der Waals surface area contributed by atoms with Crippen molar-refractivity contribution in [3.8, 4) is 5.75 Å². The molecule has 7 heteroatoms. The lowest BCUT2D eigenvalue weighted by Crippen LogP contribution is -2.48. The first-order valence-electron chi connectivity index (χ1n) is 5.70. The van der Waals surface area contributed by atoms with Crippen molar-refractivity contribution in [1.82, 2.24) is 5.43 Å². The number of benzene rings is 1. The van der Waals surface area contributed by atoms with Crippen molar-refractivity contribution >= 4 is 40.3 Å². The minimum absolute atomic E-state index is 0.0556. The Labute approximate surface area is 125 Å². The van der Waals surface area contributed by atoms with Crippen molar-refractivity contribution in [2.45, 2.75) is 0 Å². The molecule has 0 radical (unpaired) electrons. The second kappa shape index (κ2) is 6.36. The van der Waals surface area contributed by atoms with Gasteiger partial charge in [-0.3, -0.25) is 10.2 Å². The van der Waals surface area contributed by atoms with Crippen molar-refractivity contribution in [2.24, 2.45) is 5.73 Å². The van der Waals surface area contributed by atoms with Crippen LogP contribution in [-0.2, 0) is 0 Å². The molecule has 0 saturated heterocycles. The van der Waals surface area contributed by atoms with Crippen LogP contribution in [-0.4, -0.2) is 18.1 Å². The Kier molecular flexibility index (Phi) is 4.54.